The molecule has 0 heterocycles. The third-order valence-electron chi connectivity index (χ3n) is 4.70. The fourth-order valence-corrected chi connectivity index (χ4v) is 4.43. The van der Waals surface area contributed by atoms with E-state index >= 15 is 0 Å². The van der Waals surface area contributed by atoms with E-state index in [2.05, 4.69) is 37.2 Å². The van der Waals surface area contributed by atoms with Crippen LogP contribution in [-0.4, -0.2) is 28.8 Å². The van der Waals surface area contributed by atoms with Crippen molar-refractivity contribution in [2.24, 2.45) is 0 Å². The molecule has 33 heavy (non-hydrogen) atoms. The molecule has 3 rings (SSSR count). The number of carbonyl (C=O) groups is 2. The second kappa shape index (κ2) is 10.7. The van der Waals surface area contributed by atoms with E-state index in [9.17, 15) is 19.8 Å². The van der Waals surface area contributed by atoms with E-state index in [1.807, 2.05) is 19.9 Å². The van der Waals surface area contributed by atoms with Crippen molar-refractivity contribution in [2.45, 2.75) is 19.8 Å². The van der Waals surface area contributed by atoms with E-state index < -0.39 is 18.5 Å². The minimum Gasteiger partial charge on any atom is -0.508 e. The molecule has 0 aliphatic heterocycles. The van der Waals surface area contributed by atoms with Crippen LogP contribution < -0.4 is 15.0 Å². The van der Waals surface area contributed by atoms with Crippen LogP contribution in [0.2, 0.25) is 0 Å². The van der Waals surface area contributed by atoms with E-state index in [4.69, 9.17) is 4.74 Å². The monoisotopic (exact) mass is 576 g/mol. The summed E-state index contributed by atoms with van der Waals surface area (Å²) in [5.41, 5.74) is 1.65. The van der Waals surface area contributed by atoms with Gasteiger partial charge in [0.25, 0.3) is 0 Å². The molecule has 3 aromatic rings. The van der Waals surface area contributed by atoms with Crippen LogP contribution in [0.1, 0.15) is 25.3 Å². The molecule has 9 heteroatoms. The molecule has 0 radical (unpaired) electrons. The molecule has 0 spiro atoms. The maximum atomic E-state index is 12.8. The first-order valence-corrected chi connectivity index (χ1v) is 11.6. The highest BCUT2D eigenvalue weighted by Gasteiger charge is 2.22. The first-order valence-electron chi connectivity index (χ1n) is 10.0. The molecule has 0 atom stereocenters. The average molecular weight is 578 g/mol. The van der Waals surface area contributed by atoms with Gasteiger partial charge in [-0.15, -0.1) is 0 Å². The predicted octanol–water partition coefficient (Wildman–Crippen LogP) is 6.96. The molecule has 0 aliphatic carbocycles. The predicted molar refractivity (Wildman–Crippen MR) is 135 cm³/mol. The summed E-state index contributed by atoms with van der Waals surface area (Å²) >= 11 is 6.92. The average Bonchev–Trinajstić information content (AvgIpc) is 2.75. The third-order valence-corrected chi connectivity index (χ3v) is 5.88. The van der Waals surface area contributed by atoms with Gasteiger partial charge in [0.2, 0.25) is 0 Å². The lowest BCUT2D eigenvalue weighted by molar-refractivity contribution is -0.135. The van der Waals surface area contributed by atoms with Gasteiger partial charge < -0.3 is 20.3 Å². The van der Waals surface area contributed by atoms with Crippen LogP contribution in [0.3, 0.4) is 0 Å². The normalized spacial score (nSPS) is 10.7. The first kappa shape index (κ1) is 24.6. The smallest absolute Gasteiger partial charge is 0.326 e. The number of phenols is 1. The van der Waals surface area contributed by atoms with Crippen LogP contribution in [0.15, 0.2) is 69.6 Å². The minimum absolute atomic E-state index is 0.107. The van der Waals surface area contributed by atoms with Crippen molar-refractivity contribution in [2.75, 3.05) is 16.8 Å². The highest BCUT2D eigenvalue weighted by atomic mass is 79.9. The van der Waals surface area contributed by atoms with Crippen molar-refractivity contribution in [3.8, 4) is 17.2 Å². The number of amides is 2. The number of nitrogens with zero attached hydrogens (tertiary/aromatic N) is 1. The Labute approximate surface area is 208 Å². The van der Waals surface area contributed by atoms with Crippen LogP contribution in [0.25, 0.3) is 0 Å². The number of benzene rings is 3. The summed E-state index contributed by atoms with van der Waals surface area (Å²) in [4.78, 5) is 25.4. The first-order chi connectivity index (χ1) is 15.7. The molecule has 0 unspecified atom stereocenters. The van der Waals surface area contributed by atoms with Crippen molar-refractivity contribution in [3.05, 3.63) is 75.2 Å². The number of rotatable bonds is 7. The van der Waals surface area contributed by atoms with E-state index in [1.54, 1.807) is 54.6 Å². The Morgan fingerprint density at radius 3 is 2.24 bits per heavy atom. The summed E-state index contributed by atoms with van der Waals surface area (Å²) in [7, 11) is 0. The van der Waals surface area contributed by atoms with E-state index in [0.29, 0.717) is 31.8 Å². The Morgan fingerprint density at radius 2 is 1.67 bits per heavy atom. The molecule has 0 saturated carbocycles. The van der Waals surface area contributed by atoms with E-state index in [1.165, 1.54) is 0 Å². The summed E-state index contributed by atoms with van der Waals surface area (Å²) in [6.07, 6.45) is 0. The number of halogens is 2. The number of anilines is 2. The number of hydrogen-bond acceptors (Lipinski definition) is 4. The SMILES string of the molecule is CC(C)c1cc(Oc2c(Br)cc(N(CC(=O)O)C(=O)Nc3ccccc3)cc2Br)ccc1O. The highest BCUT2D eigenvalue weighted by molar-refractivity contribution is 9.11. The Hall–Kier alpha value is -3.04. The maximum Gasteiger partial charge on any atom is 0.326 e. The van der Waals surface area contributed by atoms with E-state index in [-0.39, 0.29) is 11.7 Å². The summed E-state index contributed by atoms with van der Waals surface area (Å²) in [5, 5.41) is 22.1. The van der Waals surface area contributed by atoms with Crippen LogP contribution in [-0.2, 0) is 4.79 Å². The van der Waals surface area contributed by atoms with Crippen molar-refractivity contribution >= 4 is 55.2 Å². The molecule has 3 aromatic carbocycles. The van der Waals surface area contributed by atoms with Gasteiger partial charge in [0.15, 0.2) is 5.75 Å². The number of hydrogen-bond donors (Lipinski definition) is 3. The topological polar surface area (TPSA) is 99.1 Å². The molecular weight excluding hydrogens is 556 g/mol. The largest absolute Gasteiger partial charge is 0.508 e. The van der Waals surface area contributed by atoms with Crippen molar-refractivity contribution in [3.63, 3.8) is 0 Å². The molecule has 0 bridgehead atoms. The van der Waals surface area contributed by atoms with E-state index in [0.717, 1.165) is 10.5 Å². The lowest BCUT2D eigenvalue weighted by atomic mass is 10.0. The van der Waals surface area contributed by atoms with Crippen molar-refractivity contribution in [1.29, 1.82) is 0 Å². The number of ether oxygens (including phenoxy) is 1. The molecule has 3 N–H and O–H groups in total. The summed E-state index contributed by atoms with van der Waals surface area (Å²) < 4.78 is 7.03. The van der Waals surface area contributed by atoms with Gasteiger partial charge in [-0.2, -0.15) is 0 Å². The second-order valence-electron chi connectivity index (χ2n) is 7.49. The lowest BCUT2D eigenvalue weighted by Gasteiger charge is -2.23. The molecule has 0 aromatic heterocycles. The van der Waals surface area contributed by atoms with Crippen molar-refractivity contribution < 1.29 is 24.5 Å². The van der Waals surface area contributed by atoms with Gasteiger partial charge in [0, 0.05) is 16.9 Å². The molecular formula is C24H22Br2N2O5. The number of nitrogens with one attached hydrogen (secondary N) is 1. The number of carboxylic acid groups (broad SMARTS) is 1. The maximum absolute atomic E-state index is 12.8. The lowest BCUT2D eigenvalue weighted by Crippen LogP contribution is -2.39. The van der Waals surface area contributed by atoms with Gasteiger partial charge in [-0.1, -0.05) is 32.0 Å². The molecule has 0 fully saturated rings. The Balaban J connectivity index is 1.91. The minimum atomic E-state index is -1.16. The zero-order chi connectivity index (χ0) is 24.1. The standard InChI is InChI=1S/C24H22Br2N2O5/c1-14(2)18-12-17(8-9-21(18)29)33-23-19(25)10-16(11-20(23)26)28(13-22(30)31)24(32)27-15-6-4-3-5-7-15/h3-12,14,29H,13H2,1-2H3,(H,27,32)(H,30,31). The number of carboxylic acids is 1. The van der Waals surface area contributed by atoms with Gasteiger partial charge in [0.05, 0.1) is 8.95 Å². The zero-order valence-electron chi connectivity index (χ0n) is 17.9. The summed E-state index contributed by atoms with van der Waals surface area (Å²) in [6, 6.07) is 16.4. The summed E-state index contributed by atoms with van der Waals surface area (Å²) in [6.45, 7) is 3.40. The van der Waals surface area contributed by atoms with Crippen LogP contribution in [0.5, 0.6) is 17.2 Å². The van der Waals surface area contributed by atoms with Gasteiger partial charge in [0.1, 0.15) is 18.0 Å². The Bertz CT molecular complexity index is 1150. The zero-order valence-corrected chi connectivity index (χ0v) is 21.1. The molecule has 0 saturated heterocycles. The van der Waals surface area contributed by atoms with Gasteiger partial charge >= 0.3 is 12.0 Å². The number of para-hydroxylation sites is 1. The molecule has 2 amide bonds. The van der Waals surface area contributed by atoms with Gasteiger partial charge in [-0.3, -0.25) is 9.69 Å². The fraction of sp³-hybridized carbons (Fsp3) is 0.167. The Kier molecular flexibility index (Phi) is 7.99. The summed E-state index contributed by atoms with van der Waals surface area (Å²) in [5.74, 6) is 0.110. The Morgan fingerprint density at radius 1 is 1.03 bits per heavy atom. The number of aliphatic carboxylic acids is 1. The van der Waals surface area contributed by atoms with Gasteiger partial charge in [-0.25, -0.2) is 4.79 Å². The fourth-order valence-electron chi connectivity index (χ4n) is 3.10. The highest BCUT2D eigenvalue weighted by Crippen LogP contribution is 2.41. The third kappa shape index (κ3) is 6.27. The second-order valence-corrected chi connectivity index (χ2v) is 9.20. The van der Waals surface area contributed by atoms with Crippen LogP contribution in [0, 0.1) is 0 Å². The van der Waals surface area contributed by atoms with Crippen LogP contribution in [0.4, 0.5) is 16.2 Å². The van der Waals surface area contributed by atoms with Crippen LogP contribution >= 0.6 is 31.9 Å². The number of aromatic hydroxyl groups is 1. The molecule has 172 valence electrons. The number of phenolic OH excluding ortho intramolecular Hbond substituents is 1. The molecule has 7 nitrogen and oxygen atoms in total. The van der Waals surface area contributed by atoms with Gasteiger partial charge in [-0.05, 0) is 80.2 Å². The number of carbonyl (C=O) groups excluding carboxylic acids is 1. The van der Waals surface area contributed by atoms with Crippen molar-refractivity contribution in [1.82, 2.24) is 0 Å². The molecule has 0 aliphatic rings. The number of urea groups is 1. The quantitative estimate of drug-likeness (QED) is 0.282.